The smallest absolute Gasteiger partial charge is 0.194 e. The van der Waals surface area contributed by atoms with Gasteiger partial charge in [-0.2, -0.15) is 0 Å². The summed E-state index contributed by atoms with van der Waals surface area (Å²) in [5.41, 5.74) is 0.992. The summed E-state index contributed by atoms with van der Waals surface area (Å²) in [4.78, 5) is 9.52. The number of hydrogen-bond acceptors (Lipinski definition) is 6. The van der Waals surface area contributed by atoms with Gasteiger partial charge in [0.25, 0.3) is 0 Å². The van der Waals surface area contributed by atoms with Gasteiger partial charge in [-0.3, -0.25) is 4.90 Å². The Balaban J connectivity index is 0.00000341. The molecule has 0 bridgehead atoms. The van der Waals surface area contributed by atoms with Crippen LogP contribution in [0.5, 0.6) is 11.5 Å². The maximum Gasteiger partial charge on any atom is 0.194 e. The maximum atomic E-state index is 5.98. The molecular weight excluding hydrogens is 509 g/mol. The molecule has 2 aromatic rings. The Bertz CT molecular complexity index is 804. The van der Waals surface area contributed by atoms with Gasteiger partial charge in [0.15, 0.2) is 5.96 Å². The lowest BCUT2D eigenvalue weighted by Gasteiger charge is -2.36. The number of ether oxygens (including phenoxy) is 2. The molecule has 9 heteroatoms. The van der Waals surface area contributed by atoms with Crippen LogP contribution >= 0.6 is 24.0 Å². The topological polar surface area (TPSA) is 75.4 Å². The average Bonchev–Trinajstić information content (AvgIpc) is 3.17. The van der Waals surface area contributed by atoms with Crippen LogP contribution in [0.1, 0.15) is 25.3 Å². The van der Waals surface area contributed by atoms with Gasteiger partial charge in [0, 0.05) is 45.3 Å². The van der Waals surface area contributed by atoms with Crippen molar-refractivity contribution in [2.24, 2.45) is 4.99 Å². The summed E-state index contributed by atoms with van der Waals surface area (Å²) in [5.74, 6) is 3.44. The molecule has 2 heterocycles. The molecule has 31 heavy (non-hydrogen) atoms. The Morgan fingerprint density at radius 1 is 1.19 bits per heavy atom. The number of halogens is 1. The van der Waals surface area contributed by atoms with Gasteiger partial charge in [0.1, 0.15) is 23.4 Å². The van der Waals surface area contributed by atoms with Crippen LogP contribution in [0, 0.1) is 6.92 Å². The number of piperazine rings is 1. The third-order valence-corrected chi connectivity index (χ3v) is 4.96. The first kappa shape index (κ1) is 25.3. The normalized spacial score (nSPS) is 15.9. The van der Waals surface area contributed by atoms with Gasteiger partial charge in [-0.25, -0.2) is 4.99 Å². The summed E-state index contributed by atoms with van der Waals surface area (Å²) in [6, 6.07) is 9.63. The van der Waals surface area contributed by atoms with Crippen LogP contribution in [-0.2, 0) is 6.54 Å². The fraction of sp³-hybridized carbons (Fsp3) is 0.545. The van der Waals surface area contributed by atoms with Gasteiger partial charge < -0.3 is 24.2 Å². The standard InChI is InChI=1S/C22H33N5O3.HI/c1-5-23-22(24-15-18(3)29-21-8-6-20(28-4)7-9-21)27-12-10-26(11-13-27)16-19-14-17(2)30-25-19;/h6-9,14,18H,5,10-13,15-16H2,1-4H3,(H,23,24);1H. The van der Waals surface area contributed by atoms with E-state index in [1.165, 1.54) is 0 Å². The number of hydrogen-bond donors (Lipinski definition) is 1. The van der Waals surface area contributed by atoms with Crippen molar-refractivity contribution in [2.75, 3.05) is 46.4 Å². The summed E-state index contributed by atoms with van der Waals surface area (Å²) in [5, 5.41) is 7.51. The number of methoxy groups -OCH3 is 1. The van der Waals surface area contributed by atoms with Gasteiger partial charge in [0.05, 0.1) is 19.3 Å². The Morgan fingerprint density at radius 2 is 1.87 bits per heavy atom. The van der Waals surface area contributed by atoms with E-state index in [1.807, 2.05) is 44.2 Å². The zero-order chi connectivity index (χ0) is 21.3. The number of guanidine groups is 1. The highest BCUT2D eigenvalue weighted by molar-refractivity contribution is 14.0. The second-order valence-corrected chi connectivity index (χ2v) is 7.49. The van der Waals surface area contributed by atoms with Gasteiger partial charge in [-0.1, -0.05) is 5.16 Å². The van der Waals surface area contributed by atoms with Crippen molar-refractivity contribution in [1.82, 2.24) is 20.3 Å². The lowest BCUT2D eigenvalue weighted by molar-refractivity contribution is 0.168. The molecule has 3 rings (SSSR count). The molecule has 172 valence electrons. The zero-order valence-corrected chi connectivity index (χ0v) is 21.2. The second-order valence-electron chi connectivity index (χ2n) is 7.49. The molecular formula is C22H34IN5O3. The molecule has 1 aliphatic heterocycles. The van der Waals surface area contributed by atoms with Crippen molar-refractivity contribution in [2.45, 2.75) is 33.4 Å². The second kappa shape index (κ2) is 12.7. The van der Waals surface area contributed by atoms with E-state index in [0.29, 0.717) is 6.54 Å². The third-order valence-electron chi connectivity index (χ3n) is 4.96. The van der Waals surface area contributed by atoms with Crippen LogP contribution in [0.3, 0.4) is 0 Å². The molecule has 1 saturated heterocycles. The Kier molecular flexibility index (Phi) is 10.4. The van der Waals surface area contributed by atoms with E-state index in [4.69, 9.17) is 19.0 Å². The molecule has 1 unspecified atom stereocenters. The number of aromatic nitrogens is 1. The van der Waals surface area contributed by atoms with E-state index in [-0.39, 0.29) is 30.1 Å². The molecule has 0 saturated carbocycles. The lowest BCUT2D eigenvalue weighted by Crippen LogP contribution is -2.52. The highest BCUT2D eigenvalue weighted by Gasteiger charge is 2.20. The highest BCUT2D eigenvalue weighted by atomic mass is 127. The van der Waals surface area contributed by atoms with Gasteiger partial charge >= 0.3 is 0 Å². The van der Waals surface area contributed by atoms with Crippen LogP contribution < -0.4 is 14.8 Å². The van der Waals surface area contributed by atoms with E-state index in [2.05, 4.69) is 27.2 Å². The number of nitrogens with one attached hydrogen (secondary N) is 1. The van der Waals surface area contributed by atoms with E-state index < -0.39 is 0 Å². The van der Waals surface area contributed by atoms with Crippen molar-refractivity contribution in [1.29, 1.82) is 0 Å². The predicted octanol–water partition coefficient (Wildman–Crippen LogP) is 3.16. The van der Waals surface area contributed by atoms with Crippen molar-refractivity contribution in [3.05, 3.63) is 41.8 Å². The third kappa shape index (κ3) is 7.88. The molecule has 0 radical (unpaired) electrons. The van der Waals surface area contributed by atoms with Crippen molar-refractivity contribution < 1.29 is 14.0 Å². The first-order valence-electron chi connectivity index (χ1n) is 10.6. The summed E-state index contributed by atoms with van der Waals surface area (Å²) < 4.78 is 16.3. The summed E-state index contributed by atoms with van der Waals surface area (Å²) in [6.07, 6.45) is -0.0243. The molecule has 1 atom stereocenters. The van der Waals surface area contributed by atoms with Crippen molar-refractivity contribution >= 4 is 29.9 Å². The van der Waals surface area contributed by atoms with Crippen LogP contribution in [0.25, 0.3) is 0 Å². The predicted molar refractivity (Wildman–Crippen MR) is 133 cm³/mol. The lowest BCUT2D eigenvalue weighted by atomic mass is 10.3. The number of aryl methyl sites for hydroxylation is 1. The fourth-order valence-corrected chi connectivity index (χ4v) is 3.40. The minimum absolute atomic E-state index is 0. The molecule has 1 fully saturated rings. The zero-order valence-electron chi connectivity index (χ0n) is 18.8. The molecule has 0 amide bonds. The monoisotopic (exact) mass is 543 g/mol. The summed E-state index contributed by atoms with van der Waals surface area (Å²) in [6.45, 7) is 12.1. The first-order valence-corrected chi connectivity index (χ1v) is 10.6. The number of rotatable bonds is 8. The first-order chi connectivity index (χ1) is 14.6. The molecule has 1 N–H and O–H groups in total. The summed E-state index contributed by atoms with van der Waals surface area (Å²) >= 11 is 0. The Morgan fingerprint density at radius 3 is 2.45 bits per heavy atom. The van der Waals surface area contributed by atoms with Crippen LogP contribution in [0.15, 0.2) is 39.8 Å². The van der Waals surface area contributed by atoms with Crippen LogP contribution in [0.2, 0.25) is 0 Å². The van der Waals surface area contributed by atoms with Gasteiger partial charge in [-0.15, -0.1) is 24.0 Å². The Hall–Kier alpha value is -2.01. The molecule has 1 aliphatic rings. The van der Waals surface area contributed by atoms with Gasteiger partial charge in [-0.05, 0) is 45.0 Å². The summed E-state index contributed by atoms with van der Waals surface area (Å²) in [7, 11) is 1.66. The minimum Gasteiger partial charge on any atom is -0.497 e. The van der Waals surface area contributed by atoms with E-state index in [0.717, 1.165) is 68.2 Å². The van der Waals surface area contributed by atoms with Crippen molar-refractivity contribution in [3.8, 4) is 11.5 Å². The molecule has 0 aliphatic carbocycles. The van der Waals surface area contributed by atoms with E-state index in [9.17, 15) is 0 Å². The number of aliphatic imine (C=N–C) groups is 1. The van der Waals surface area contributed by atoms with Crippen molar-refractivity contribution in [3.63, 3.8) is 0 Å². The van der Waals surface area contributed by atoms with E-state index >= 15 is 0 Å². The average molecular weight is 543 g/mol. The molecule has 0 spiro atoms. The fourth-order valence-electron chi connectivity index (χ4n) is 3.40. The maximum absolute atomic E-state index is 5.98. The quantitative estimate of drug-likeness (QED) is 0.312. The largest absolute Gasteiger partial charge is 0.497 e. The van der Waals surface area contributed by atoms with Crippen LogP contribution in [0.4, 0.5) is 0 Å². The van der Waals surface area contributed by atoms with E-state index in [1.54, 1.807) is 7.11 Å². The van der Waals surface area contributed by atoms with Gasteiger partial charge in [0.2, 0.25) is 0 Å². The SMILES string of the molecule is CCNC(=NCC(C)Oc1ccc(OC)cc1)N1CCN(Cc2cc(C)on2)CC1.I. The highest BCUT2D eigenvalue weighted by Crippen LogP contribution is 2.18. The molecule has 1 aromatic carbocycles. The number of benzene rings is 1. The molecule has 1 aromatic heterocycles. The minimum atomic E-state index is -0.0243. The van der Waals surface area contributed by atoms with Crippen LogP contribution in [-0.4, -0.2) is 73.4 Å². The Labute approximate surface area is 202 Å². The number of nitrogens with zero attached hydrogens (tertiary/aromatic N) is 4. The molecule has 8 nitrogen and oxygen atoms in total.